The molecule has 1 atom stereocenters. The summed E-state index contributed by atoms with van der Waals surface area (Å²) in [7, 11) is 0. The van der Waals surface area contributed by atoms with Crippen molar-refractivity contribution in [1.29, 1.82) is 0 Å². The van der Waals surface area contributed by atoms with Crippen molar-refractivity contribution in [2.24, 2.45) is 5.73 Å². The molecule has 0 fully saturated rings. The minimum atomic E-state index is 0. The zero-order valence-electron chi connectivity index (χ0n) is 12.4. The normalized spacial score (nSPS) is 12.1. The van der Waals surface area contributed by atoms with Crippen LogP contribution in [0.4, 0.5) is 0 Å². The zero-order chi connectivity index (χ0) is 13.8. The fourth-order valence-electron chi connectivity index (χ4n) is 1.36. The van der Waals surface area contributed by atoms with Gasteiger partial charge in [0, 0.05) is 23.3 Å². The largest absolute Gasteiger partial charge is 0.350 e. The fourth-order valence-corrected chi connectivity index (χ4v) is 2.32. The minimum Gasteiger partial charge on any atom is -0.350 e. The van der Waals surface area contributed by atoms with E-state index in [1.807, 2.05) is 6.92 Å². The number of hydrogen-bond acceptors (Lipinski definition) is 4. The van der Waals surface area contributed by atoms with Crippen LogP contribution < -0.4 is 11.1 Å². The molecule has 1 aromatic rings. The number of nitrogens with one attached hydrogen (secondary N) is 1. The number of carbonyl (C=O) groups is 1. The highest BCUT2D eigenvalue weighted by molar-refractivity contribution is 7.09. The van der Waals surface area contributed by atoms with Crippen LogP contribution in [0.5, 0.6) is 0 Å². The lowest BCUT2D eigenvalue weighted by atomic mass is 9.93. The van der Waals surface area contributed by atoms with Gasteiger partial charge in [-0.1, -0.05) is 20.8 Å². The molecular formula is C13H25Cl2N3OS. The summed E-state index contributed by atoms with van der Waals surface area (Å²) in [5.41, 5.74) is 6.75. The Hall–Kier alpha value is -0.360. The molecule has 1 rings (SSSR count). The monoisotopic (exact) mass is 341 g/mol. The molecule has 7 heteroatoms. The Kier molecular flexibility index (Phi) is 10.5. The van der Waals surface area contributed by atoms with Crippen LogP contribution in [0.25, 0.3) is 0 Å². The Balaban J connectivity index is 0. The first-order valence-corrected chi connectivity index (χ1v) is 7.14. The van der Waals surface area contributed by atoms with Crippen molar-refractivity contribution in [1.82, 2.24) is 10.3 Å². The summed E-state index contributed by atoms with van der Waals surface area (Å²) in [6.07, 6.45) is 1.20. The lowest BCUT2D eigenvalue weighted by molar-refractivity contribution is -0.121. The van der Waals surface area contributed by atoms with Crippen molar-refractivity contribution in [3.63, 3.8) is 0 Å². The van der Waals surface area contributed by atoms with Gasteiger partial charge in [-0.05, 0) is 13.3 Å². The number of rotatable bonds is 5. The number of amides is 1. The van der Waals surface area contributed by atoms with E-state index in [1.54, 1.807) is 11.3 Å². The van der Waals surface area contributed by atoms with E-state index in [4.69, 9.17) is 5.73 Å². The summed E-state index contributed by atoms with van der Waals surface area (Å²) in [5, 5.41) is 5.88. The van der Waals surface area contributed by atoms with Crippen LogP contribution in [0.2, 0.25) is 0 Å². The smallest absolute Gasteiger partial charge is 0.220 e. The molecule has 1 unspecified atom stereocenters. The molecule has 1 aromatic heterocycles. The van der Waals surface area contributed by atoms with Crippen molar-refractivity contribution < 1.29 is 4.79 Å². The van der Waals surface area contributed by atoms with E-state index in [0.717, 1.165) is 17.1 Å². The lowest BCUT2D eigenvalue weighted by Gasteiger charge is -2.14. The molecule has 3 N–H and O–H groups in total. The highest BCUT2D eigenvalue weighted by Gasteiger charge is 2.17. The van der Waals surface area contributed by atoms with Gasteiger partial charge in [0.1, 0.15) is 5.01 Å². The first-order valence-electron chi connectivity index (χ1n) is 6.26. The third-order valence-corrected chi connectivity index (χ3v) is 3.43. The van der Waals surface area contributed by atoms with Crippen LogP contribution in [0.3, 0.4) is 0 Å². The molecule has 0 saturated carbocycles. The molecular weight excluding hydrogens is 317 g/mol. The second-order valence-electron chi connectivity index (χ2n) is 5.67. The quantitative estimate of drug-likeness (QED) is 0.864. The third kappa shape index (κ3) is 8.04. The SMILES string of the molecule is CC(N)CCC(=O)NCc1nc(C(C)(C)C)cs1.Cl.Cl. The summed E-state index contributed by atoms with van der Waals surface area (Å²) in [4.78, 5) is 16.1. The van der Waals surface area contributed by atoms with E-state index in [0.29, 0.717) is 13.0 Å². The second-order valence-corrected chi connectivity index (χ2v) is 6.61. The average molecular weight is 342 g/mol. The Morgan fingerprint density at radius 2 is 2.05 bits per heavy atom. The Labute approximate surface area is 137 Å². The zero-order valence-corrected chi connectivity index (χ0v) is 14.9. The van der Waals surface area contributed by atoms with Crippen molar-refractivity contribution in [3.05, 3.63) is 16.1 Å². The fraction of sp³-hybridized carbons (Fsp3) is 0.692. The maximum Gasteiger partial charge on any atom is 0.220 e. The second kappa shape index (κ2) is 9.55. The third-order valence-electron chi connectivity index (χ3n) is 2.58. The van der Waals surface area contributed by atoms with Crippen LogP contribution in [0.15, 0.2) is 5.38 Å². The lowest BCUT2D eigenvalue weighted by Crippen LogP contribution is -2.25. The number of halogens is 2. The van der Waals surface area contributed by atoms with Gasteiger partial charge in [-0.3, -0.25) is 4.79 Å². The Morgan fingerprint density at radius 1 is 1.45 bits per heavy atom. The number of carbonyl (C=O) groups excluding carboxylic acids is 1. The average Bonchev–Trinajstić information content (AvgIpc) is 2.71. The number of thiazole rings is 1. The van der Waals surface area contributed by atoms with E-state index in [-0.39, 0.29) is 42.2 Å². The van der Waals surface area contributed by atoms with E-state index in [1.165, 1.54) is 0 Å². The maximum absolute atomic E-state index is 11.5. The predicted molar refractivity (Wildman–Crippen MR) is 90.0 cm³/mol. The van der Waals surface area contributed by atoms with Gasteiger partial charge < -0.3 is 11.1 Å². The molecule has 0 aliphatic heterocycles. The summed E-state index contributed by atoms with van der Waals surface area (Å²) in [6, 6.07) is 0.0723. The highest BCUT2D eigenvalue weighted by atomic mass is 35.5. The van der Waals surface area contributed by atoms with Gasteiger partial charge in [0.05, 0.1) is 12.2 Å². The van der Waals surface area contributed by atoms with Crippen LogP contribution in [0.1, 0.15) is 51.2 Å². The van der Waals surface area contributed by atoms with E-state index in [9.17, 15) is 4.79 Å². The molecule has 0 aliphatic carbocycles. The van der Waals surface area contributed by atoms with Gasteiger partial charge in [0.2, 0.25) is 5.91 Å². The van der Waals surface area contributed by atoms with Gasteiger partial charge >= 0.3 is 0 Å². The number of nitrogens with zero attached hydrogens (tertiary/aromatic N) is 1. The van der Waals surface area contributed by atoms with Gasteiger partial charge in [0.25, 0.3) is 0 Å². The van der Waals surface area contributed by atoms with E-state index in [2.05, 4.69) is 36.5 Å². The Morgan fingerprint density at radius 3 is 2.50 bits per heavy atom. The Bertz CT molecular complexity index is 403. The number of aromatic nitrogens is 1. The van der Waals surface area contributed by atoms with Gasteiger partial charge in [-0.25, -0.2) is 4.98 Å². The van der Waals surface area contributed by atoms with Crippen molar-refractivity contribution >= 4 is 42.1 Å². The van der Waals surface area contributed by atoms with Crippen molar-refractivity contribution in [2.45, 2.75) is 58.5 Å². The van der Waals surface area contributed by atoms with Crippen LogP contribution in [-0.4, -0.2) is 16.9 Å². The molecule has 0 bridgehead atoms. The molecule has 0 radical (unpaired) electrons. The summed E-state index contributed by atoms with van der Waals surface area (Å²) >= 11 is 1.59. The van der Waals surface area contributed by atoms with Crippen LogP contribution in [-0.2, 0) is 16.8 Å². The first-order chi connectivity index (χ1) is 8.29. The molecule has 0 saturated heterocycles. The summed E-state index contributed by atoms with van der Waals surface area (Å²) in [6.45, 7) is 8.81. The highest BCUT2D eigenvalue weighted by Crippen LogP contribution is 2.23. The molecule has 4 nitrogen and oxygen atoms in total. The van der Waals surface area contributed by atoms with Gasteiger partial charge in [0.15, 0.2) is 0 Å². The number of nitrogens with two attached hydrogens (primary N) is 1. The van der Waals surface area contributed by atoms with Crippen LogP contribution >= 0.6 is 36.2 Å². The van der Waals surface area contributed by atoms with E-state index >= 15 is 0 Å². The molecule has 1 amide bonds. The summed E-state index contributed by atoms with van der Waals surface area (Å²) in [5.74, 6) is 0.0415. The first kappa shape index (κ1) is 21.9. The van der Waals surface area contributed by atoms with Crippen LogP contribution in [0, 0.1) is 0 Å². The predicted octanol–water partition coefficient (Wildman–Crippen LogP) is 3.03. The van der Waals surface area contributed by atoms with Gasteiger partial charge in [-0.15, -0.1) is 36.2 Å². The molecule has 118 valence electrons. The van der Waals surface area contributed by atoms with Crippen molar-refractivity contribution in [3.8, 4) is 0 Å². The maximum atomic E-state index is 11.5. The van der Waals surface area contributed by atoms with E-state index < -0.39 is 0 Å². The molecule has 20 heavy (non-hydrogen) atoms. The number of hydrogen-bond donors (Lipinski definition) is 2. The van der Waals surface area contributed by atoms with Crippen molar-refractivity contribution in [2.75, 3.05) is 0 Å². The summed E-state index contributed by atoms with van der Waals surface area (Å²) < 4.78 is 0. The molecule has 0 aromatic carbocycles. The minimum absolute atomic E-state index is 0. The molecule has 1 heterocycles. The van der Waals surface area contributed by atoms with Gasteiger partial charge in [-0.2, -0.15) is 0 Å². The molecule has 0 aliphatic rings. The molecule has 0 spiro atoms. The topological polar surface area (TPSA) is 68.0 Å². The standard InChI is InChI=1S/C13H23N3OS.2ClH/c1-9(14)5-6-11(17)15-7-12-16-10(8-18-12)13(2,3)4;;/h8-9H,5-7,14H2,1-4H3,(H,15,17);2*1H.